The summed E-state index contributed by atoms with van der Waals surface area (Å²) in [6.07, 6.45) is 2.13. The highest BCUT2D eigenvalue weighted by molar-refractivity contribution is 6.32. The van der Waals surface area contributed by atoms with Crippen molar-refractivity contribution in [3.8, 4) is 5.75 Å². The van der Waals surface area contributed by atoms with E-state index < -0.39 is 0 Å². The van der Waals surface area contributed by atoms with Crippen molar-refractivity contribution >= 4 is 29.5 Å². The summed E-state index contributed by atoms with van der Waals surface area (Å²) < 4.78 is 5.59. The van der Waals surface area contributed by atoms with E-state index in [0.29, 0.717) is 22.7 Å². The van der Waals surface area contributed by atoms with Crippen molar-refractivity contribution in [2.75, 3.05) is 0 Å². The van der Waals surface area contributed by atoms with E-state index in [1.807, 2.05) is 18.4 Å². The molecule has 0 saturated heterocycles. The molecule has 0 bridgehead atoms. The van der Waals surface area contributed by atoms with Gasteiger partial charge >= 0.3 is 0 Å². The molecule has 5 heteroatoms. The quantitative estimate of drug-likeness (QED) is 0.791. The minimum atomic E-state index is 0.288. The monoisotopic (exact) mass is 294 g/mol. The zero-order valence-corrected chi connectivity index (χ0v) is 11.4. The van der Waals surface area contributed by atoms with Crippen molar-refractivity contribution in [1.82, 2.24) is 4.98 Å². The Bertz CT molecular complexity index is 550. The summed E-state index contributed by atoms with van der Waals surface area (Å²) in [6, 6.07) is 10.7. The topological polar surface area (TPSA) is 39.2 Å². The Morgan fingerprint density at radius 1 is 1.05 bits per heavy atom. The average molecular weight is 295 g/mol. The second-order valence-corrected chi connectivity index (χ2v) is 4.65. The van der Waals surface area contributed by atoms with Crippen LogP contribution in [0, 0.1) is 0 Å². The first kappa shape index (κ1) is 13.8. The molecule has 1 radical (unpaired) electrons. The molecular formula is C14H10Cl2NO2. The van der Waals surface area contributed by atoms with Crippen LogP contribution < -0.4 is 4.74 Å². The lowest BCUT2D eigenvalue weighted by molar-refractivity contribution is 0.306. The zero-order valence-electron chi connectivity index (χ0n) is 9.90. The van der Waals surface area contributed by atoms with Crippen molar-refractivity contribution in [3.05, 3.63) is 57.8 Å². The predicted molar refractivity (Wildman–Crippen MR) is 74.4 cm³/mol. The maximum atomic E-state index is 10.2. The first-order valence-electron chi connectivity index (χ1n) is 5.56. The first-order valence-corrected chi connectivity index (χ1v) is 6.31. The highest BCUT2D eigenvalue weighted by atomic mass is 35.5. The van der Waals surface area contributed by atoms with E-state index in [0.717, 1.165) is 11.1 Å². The number of aromatic nitrogens is 1. The Hall–Kier alpha value is -1.58. The molecule has 2 aromatic rings. The third-order valence-electron chi connectivity index (χ3n) is 2.43. The normalized spacial score (nSPS) is 10.2. The van der Waals surface area contributed by atoms with E-state index in [1.54, 1.807) is 24.3 Å². The number of hydrogen-bond acceptors (Lipinski definition) is 3. The molecule has 0 aliphatic heterocycles. The van der Waals surface area contributed by atoms with Crippen LogP contribution in [-0.4, -0.2) is 11.3 Å². The van der Waals surface area contributed by atoms with Crippen molar-refractivity contribution in [2.45, 2.75) is 13.0 Å². The molecule has 0 saturated carbocycles. The number of ether oxygens (including phenoxy) is 1. The standard InChI is InChI=1S/C14H10Cl2NO2/c15-13-7-11(8-14(16)17-13)9-19-12-3-1-10(2-4-12)5-6-18/h1-4,7-8H,5,9H2. The number of benzene rings is 1. The Morgan fingerprint density at radius 2 is 1.68 bits per heavy atom. The van der Waals surface area contributed by atoms with Crippen LogP contribution in [-0.2, 0) is 17.8 Å². The summed E-state index contributed by atoms with van der Waals surface area (Å²) in [5.74, 6) is 0.707. The summed E-state index contributed by atoms with van der Waals surface area (Å²) in [5, 5.41) is 0.672. The molecule has 0 spiro atoms. The van der Waals surface area contributed by atoms with E-state index >= 15 is 0 Å². The zero-order chi connectivity index (χ0) is 13.7. The molecule has 3 nitrogen and oxygen atoms in total. The molecule has 1 aromatic heterocycles. The second kappa shape index (κ2) is 6.55. The van der Waals surface area contributed by atoms with Crippen molar-refractivity contribution in [2.24, 2.45) is 0 Å². The summed E-state index contributed by atoms with van der Waals surface area (Å²) in [6.45, 7) is 0.348. The highest BCUT2D eigenvalue weighted by Crippen LogP contribution is 2.18. The third-order valence-corrected chi connectivity index (χ3v) is 2.82. The third kappa shape index (κ3) is 4.23. The summed E-state index contributed by atoms with van der Waals surface area (Å²) >= 11 is 11.6. The highest BCUT2D eigenvalue weighted by Gasteiger charge is 2.01. The molecule has 19 heavy (non-hydrogen) atoms. The lowest BCUT2D eigenvalue weighted by Crippen LogP contribution is -1.96. The first-order chi connectivity index (χ1) is 9.17. The van der Waals surface area contributed by atoms with Gasteiger partial charge in [0.25, 0.3) is 0 Å². The van der Waals surface area contributed by atoms with Gasteiger partial charge in [-0.05, 0) is 35.4 Å². The lowest BCUT2D eigenvalue weighted by atomic mass is 10.2. The van der Waals surface area contributed by atoms with Crippen LogP contribution in [0.2, 0.25) is 10.3 Å². The fourth-order valence-electron chi connectivity index (χ4n) is 1.55. The average Bonchev–Trinajstić information content (AvgIpc) is 2.37. The van der Waals surface area contributed by atoms with Crippen LogP contribution in [0.3, 0.4) is 0 Å². The molecule has 97 valence electrons. The van der Waals surface area contributed by atoms with Gasteiger partial charge in [0.05, 0.1) is 0 Å². The maximum absolute atomic E-state index is 10.2. The van der Waals surface area contributed by atoms with Crippen molar-refractivity contribution < 1.29 is 9.53 Å². The van der Waals surface area contributed by atoms with Gasteiger partial charge in [0, 0.05) is 6.42 Å². The fraction of sp³-hybridized carbons (Fsp3) is 0.143. The van der Waals surface area contributed by atoms with Gasteiger partial charge in [-0.2, -0.15) is 0 Å². The van der Waals surface area contributed by atoms with Crippen LogP contribution in [0.15, 0.2) is 36.4 Å². The molecule has 0 N–H and O–H groups in total. The Labute approximate surface area is 121 Å². The molecule has 0 aliphatic rings. The van der Waals surface area contributed by atoms with Crippen LogP contribution >= 0.6 is 23.2 Å². The number of nitrogens with zero attached hydrogens (tertiary/aromatic N) is 1. The van der Waals surface area contributed by atoms with Gasteiger partial charge in [-0.1, -0.05) is 35.3 Å². The van der Waals surface area contributed by atoms with Gasteiger partial charge in [-0.25, -0.2) is 4.98 Å². The van der Waals surface area contributed by atoms with Gasteiger partial charge in [0.2, 0.25) is 6.29 Å². The van der Waals surface area contributed by atoms with Gasteiger partial charge in [0.15, 0.2) is 0 Å². The molecule has 1 heterocycles. The smallest absolute Gasteiger partial charge is 0.203 e. The second-order valence-electron chi connectivity index (χ2n) is 3.87. The van der Waals surface area contributed by atoms with E-state index in [2.05, 4.69) is 4.98 Å². The van der Waals surface area contributed by atoms with Crippen LogP contribution in [0.4, 0.5) is 0 Å². The van der Waals surface area contributed by atoms with E-state index in [-0.39, 0.29) is 6.42 Å². The maximum Gasteiger partial charge on any atom is 0.203 e. The van der Waals surface area contributed by atoms with Crippen LogP contribution in [0.25, 0.3) is 0 Å². The van der Waals surface area contributed by atoms with Gasteiger partial charge in [0.1, 0.15) is 22.7 Å². The summed E-state index contributed by atoms with van der Waals surface area (Å²) in [4.78, 5) is 14.1. The minimum absolute atomic E-state index is 0.288. The Kier molecular flexibility index (Phi) is 4.77. The van der Waals surface area contributed by atoms with Crippen LogP contribution in [0.5, 0.6) is 5.75 Å². The van der Waals surface area contributed by atoms with Gasteiger partial charge in [-0.3, -0.25) is 4.79 Å². The number of halogens is 2. The molecule has 2 rings (SSSR count). The van der Waals surface area contributed by atoms with E-state index in [4.69, 9.17) is 27.9 Å². The number of hydrogen-bond donors (Lipinski definition) is 0. The SMILES string of the molecule is O=[C]Cc1ccc(OCc2cc(Cl)nc(Cl)c2)cc1. The Balaban J connectivity index is 1.99. The van der Waals surface area contributed by atoms with E-state index in [9.17, 15) is 4.79 Å². The summed E-state index contributed by atoms with van der Waals surface area (Å²) in [5.41, 5.74) is 1.74. The largest absolute Gasteiger partial charge is 0.489 e. The van der Waals surface area contributed by atoms with Gasteiger partial charge < -0.3 is 4.74 Å². The molecule has 0 amide bonds. The molecular weight excluding hydrogens is 285 g/mol. The number of pyridine rings is 1. The molecule has 0 unspecified atom stereocenters. The number of carbonyl (C=O) groups excluding carboxylic acids is 1. The fourth-order valence-corrected chi connectivity index (χ4v) is 2.06. The van der Waals surface area contributed by atoms with E-state index in [1.165, 1.54) is 0 Å². The van der Waals surface area contributed by atoms with Crippen molar-refractivity contribution in [3.63, 3.8) is 0 Å². The minimum Gasteiger partial charge on any atom is -0.489 e. The summed E-state index contributed by atoms with van der Waals surface area (Å²) in [7, 11) is 0. The Morgan fingerprint density at radius 3 is 2.26 bits per heavy atom. The van der Waals surface area contributed by atoms with Gasteiger partial charge in [-0.15, -0.1) is 0 Å². The molecule has 1 aromatic carbocycles. The predicted octanol–water partition coefficient (Wildman–Crippen LogP) is 3.62. The number of rotatable bonds is 5. The lowest BCUT2D eigenvalue weighted by Gasteiger charge is -2.07. The molecule has 0 atom stereocenters. The van der Waals surface area contributed by atoms with Crippen molar-refractivity contribution in [1.29, 1.82) is 0 Å². The molecule has 0 fully saturated rings. The van der Waals surface area contributed by atoms with Crippen LogP contribution in [0.1, 0.15) is 11.1 Å². The molecule has 0 aliphatic carbocycles.